The van der Waals surface area contributed by atoms with Crippen molar-refractivity contribution in [2.75, 3.05) is 18.6 Å². The number of hydroxylamine groups is 1. The van der Waals surface area contributed by atoms with E-state index in [4.69, 9.17) is 4.84 Å². The van der Waals surface area contributed by atoms with Crippen LogP contribution in [0.1, 0.15) is 56.4 Å². The number of carbonyl (C=O) groups excluding carboxylic acids is 2. The van der Waals surface area contributed by atoms with E-state index in [0.29, 0.717) is 44.6 Å². The minimum absolute atomic E-state index is 0.122. The number of rotatable bonds is 13. The minimum Gasteiger partial charge on any atom is -0.492 e. The van der Waals surface area contributed by atoms with E-state index in [0.717, 1.165) is 20.8 Å². The van der Waals surface area contributed by atoms with Crippen molar-refractivity contribution in [1.82, 2.24) is 19.6 Å². The van der Waals surface area contributed by atoms with Crippen molar-refractivity contribution in [2.24, 2.45) is 5.92 Å². The molecular weight excluding hydrogens is 522 g/mol. The highest BCUT2D eigenvalue weighted by Crippen LogP contribution is 2.24. The minimum atomic E-state index is -1.08. The number of aryl methyl sites for hydroxylation is 1. The second kappa shape index (κ2) is 14.1. The van der Waals surface area contributed by atoms with E-state index in [2.05, 4.69) is 5.48 Å². The van der Waals surface area contributed by atoms with Gasteiger partial charge in [0.05, 0.1) is 12.3 Å². The fraction of sp³-hybridized carbons (Fsp3) is 0.452. The molecule has 41 heavy (non-hydrogen) atoms. The normalized spacial score (nSPS) is 14.0. The van der Waals surface area contributed by atoms with Crippen molar-refractivity contribution in [3.05, 3.63) is 88.0 Å². The number of benzene rings is 2. The Morgan fingerprint density at radius 3 is 2.32 bits per heavy atom. The molecule has 0 saturated heterocycles. The molecule has 0 radical (unpaired) electrons. The Bertz CT molecular complexity index is 1350. The molecule has 0 saturated carbocycles. The van der Waals surface area contributed by atoms with Gasteiger partial charge in [-0.05, 0) is 49.8 Å². The second-order valence-corrected chi connectivity index (χ2v) is 11.1. The molecule has 10 heteroatoms. The first kappa shape index (κ1) is 30.1. The van der Waals surface area contributed by atoms with Gasteiger partial charge in [-0.3, -0.25) is 23.9 Å². The Morgan fingerprint density at radius 1 is 1.00 bits per heavy atom. The first-order valence-corrected chi connectivity index (χ1v) is 14.3. The lowest BCUT2D eigenvalue weighted by atomic mass is 10.0. The molecule has 220 valence electrons. The van der Waals surface area contributed by atoms with E-state index < -0.39 is 23.5 Å². The standard InChI is InChI=1S/C31H41N5O5/c1-23(2)17-18-28(37)35(36-30(39)27-21-33(3)19-20-34(27)31(36)40)26(16-10-15-24-11-6-4-7-12-24)29(38)32-41-22-25-13-8-5-9-14-25/h4-9,11-14,23,26,39H,10,15-22H2,1-3H3,(H,32,38)/t26-/m0/s1. The van der Waals surface area contributed by atoms with Crippen molar-refractivity contribution < 1.29 is 19.5 Å². The molecule has 0 fully saturated rings. The zero-order chi connectivity index (χ0) is 29.4. The van der Waals surface area contributed by atoms with Gasteiger partial charge in [-0.1, -0.05) is 74.5 Å². The smallest absolute Gasteiger partial charge is 0.350 e. The van der Waals surface area contributed by atoms with Crippen LogP contribution in [0.4, 0.5) is 0 Å². The second-order valence-electron chi connectivity index (χ2n) is 11.1. The summed E-state index contributed by atoms with van der Waals surface area (Å²) >= 11 is 0. The molecule has 2 aromatic carbocycles. The van der Waals surface area contributed by atoms with E-state index in [1.54, 1.807) is 0 Å². The van der Waals surface area contributed by atoms with Crippen LogP contribution in [0, 0.1) is 5.92 Å². The first-order valence-electron chi connectivity index (χ1n) is 14.3. The zero-order valence-corrected chi connectivity index (χ0v) is 24.2. The summed E-state index contributed by atoms with van der Waals surface area (Å²) in [5, 5.41) is 12.5. The quantitative estimate of drug-likeness (QED) is 0.309. The van der Waals surface area contributed by atoms with E-state index >= 15 is 0 Å². The first-order chi connectivity index (χ1) is 19.8. The molecule has 1 atom stereocenters. The molecule has 2 N–H and O–H groups in total. The van der Waals surface area contributed by atoms with Gasteiger partial charge >= 0.3 is 5.69 Å². The van der Waals surface area contributed by atoms with E-state index in [1.165, 1.54) is 4.57 Å². The number of aromatic nitrogens is 2. The predicted octanol–water partition coefficient (Wildman–Crippen LogP) is 3.34. The Labute approximate surface area is 241 Å². The summed E-state index contributed by atoms with van der Waals surface area (Å²) in [6.07, 6.45) is 2.21. The Morgan fingerprint density at radius 2 is 1.66 bits per heavy atom. The Hall–Kier alpha value is -3.89. The molecule has 10 nitrogen and oxygen atoms in total. The van der Waals surface area contributed by atoms with Crippen LogP contribution in [-0.2, 0) is 40.5 Å². The van der Waals surface area contributed by atoms with Crippen LogP contribution in [0.15, 0.2) is 65.5 Å². The fourth-order valence-corrected chi connectivity index (χ4v) is 5.04. The van der Waals surface area contributed by atoms with Crippen molar-refractivity contribution in [2.45, 2.75) is 71.7 Å². The highest BCUT2D eigenvalue weighted by molar-refractivity contribution is 5.95. The van der Waals surface area contributed by atoms with Gasteiger partial charge in [0.1, 0.15) is 6.04 Å². The number of likely N-dealkylation sites (N-methyl/N-ethyl adjacent to an activating group) is 1. The molecule has 1 aliphatic heterocycles. The zero-order valence-electron chi connectivity index (χ0n) is 24.2. The number of aromatic hydroxyl groups is 1. The van der Waals surface area contributed by atoms with Gasteiger partial charge in [0.2, 0.25) is 11.8 Å². The molecule has 2 amide bonds. The molecule has 2 heterocycles. The molecule has 0 unspecified atom stereocenters. The summed E-state index contributed by atoms with van der Waals surface area (Å²) in [6.45, 7) is 5.53. The van der Waals surface area contributed by atoms with Crippen LogP contribution in [0.2, 0.25) is 0 Å². The van der Waals surface area contributed by atoms with Crippen LogP contribution in [0.5, 0.6) is 5.88 Å². The van der Waals surface area contributed by atoms with Gasteiger partial charge in [0.25, 0.3) is 5.91 Å². The van der Waals surface area contributed by atoms with Crippen molar-refractivity contribution in [1.29, 1.82) is 0 Å². The average molecular weight is 564 g/mol. The van der Waals surface area contributed by atoms with Gasteiger partial charge in [-0.25, -0.2) is 15.3 Å². The molecule has 1 aromatic heterocycles. The van der Waals surface area contributed by atoms with Gasteiger partial charge in [-0.2, -0.15) is 4.68 Å². The lowest BCUT2D eigenvalue weighted by Crippen LogP contribution is -2.58. The Balaban J connectivity index is 1.66. The number of hydrogen-bond donors (Lipinski definition) is 2. The monoisotopic (exact) mass is 563 g/mol. The van der Waals surface area contributed by atoms with Crippen LogP contribution in [-0.4, -0.2) is 50.7 Å². The summed E-state index contributed by atoms with van der Waals surface area (Å²) in [7, 11) is 1.90. The van der Waals surface area contributed by atoms with Gasteiger partial charge in [0, 0.05) is 26.1 Å². The number of fused-ring (bicyclic) bond motifs is 1. The molecule has 1 aliphatic rings. The number of hydrogen-bond acceptors (Lipinski definition) is 6. The highest BCUT2D eigenvalue weighted by Gasteiger charge is 2.37. The van der Waals surface area contributed by atoms with Crippen LogP contribution < -0.4 is 16.2 Å². The van der Waals surface area contributed by atoms with Crippen molar-refractivity contribution in [3.63, 3.8) is 0 Å². The third kappa shape index (κ3) is 7.65. The number of imidazole rings is 1. The predicted molar refractivity (Wildman–Crippen MR) is 157 cm³/mol. The molecular formula is C31H41N5O5. The summed E-state index contributed by atoms with van der Waals surface area (Å²) < 4.78 is 2.49. The average Bonchev–Trinajstić information content (AvgIpc) is 3.20. The molecule has 0 aliphatic carbocycles. The fourth-order valence-electron chi connectivity index (χ4n) is 5.04. The maximum atomic E-state index is 13.8. The Kier molecular flexibility index (Phi) is 10.4. The molecule has 4 rings (SSSR count). The summed E-state index contributed by atoms with van der Waals surface area (Å²) in [4.78, 5) is 48.7. The molecule has 3 aromatic rings. The summed E-state index contributed by atoms with van der Waals surface area (Å²) in [6, 6.07) is 18.2. The van der Waals surface area contributed by atoms with Gasteiger partial charge in [0.15, 0.2) is 0 Å². The van der Waals surface area contributed by atoms with Crippen LogP contribution in [0.3, 0.4) is 0 Å². The summed E-state index contributed by atoms with van der Waals surface area (Å²) in [5.41, 5.74) is 4.38. The topological polar surface area (TPSA) is 109 Å². The molecule has 0 spiro atoms. The third-order valence-corrected chi connectivity index (χ3v) is 7.37. The van der Waals surface area contributed by atoms with Crippen molar-refractivity contribution >= 4 is 11.8 Å². The van der Waals surface area contributed by atoms with Gasteiger partial charge in [-0.15, -0.1) is 0 Å². The van der Waals surface area contributed by atoms with Crippen LogP contribution >= 0.6 is 0 Å². The van der Waals surface area contributed by atoms with Crippen LogP contribution in [0.25, 0.3) is 0 Å². The largest absolute Gasteiger partial charge is 0.492 e. The van der Waals surface area contributed by atoms with E-state index in [1.807, 2.05) is 86.5 Å². The van der Waals surface area contributed by atoms with E-state index in [-0.39, 0.29) is 31.2 Å². The maximum absolute atomic E-state index is 13.8. The highest BCUT2D eigenvalue weighted by atomic mass is 16.7. The number of amides is 2. The van der Waals surface area contributed by atoms with Gasteiger partial charge < -0.3 is 5.11 Å². The lowest BCUT2D eigenvalue weighted by Gasteiger charge is -2.31. The third-order valence-electron chi connectivity index (χ3n) is 7.37. The number of nitrogens with one attached hydrogen (secondary N) is 1. The van der Waals surface area contributed by atoms with E-state index in [9.17, 15) is 19.5 Å². The molecule has 0 bridgehead atoms. The van der Waals surface area contributed by atoms with Crippen molar-refractivity contribution in [3.8, 4) is 5.88 Å². The maximum Gasteiger partial charge on any atom is 0.350 e. The lowest BCUT2D eigenvalue weighted by molar-refractivity contribution is -0.138. The number of carbonyl (C=O) groups is 2. The summed E-state index contributed by atoms with van der Waals surface area (Å²) in [5.74, 6) is -1.04. The SMILES string of the molecule is CC(C)CCC(=O)N([C@@H](CCCc1ccccc1)C(=O)NOCc1ccccc1)n1c(O)c2n(c1=O)CCN(C)C2. The number of nitrogens with zero attached hydrogens (tertiary/aromatic N) is 4.